The van der Waals surface area contributed by atoms with Gasteiger partial charge in [0, 0.05) is 28.8 Å². The molecule has 1 atom stereocenters. The molecule has 1 amide bonds. The van der Waals surface area contributed by atoms with E-state index in [1.165, 1.54) is 0 Å². The van der Waals surface area contributed by atoms with Crippen LogP contribution < -0.4 is 15.2 Å². The summed E-state index contributed by atoms with van der Waals surface area (Å²) in [6, 6.07) is 13.3. The molecule has 4 rings (SSSR count). The average molecular weight is 406 g/mol. The summed E-state index contributed by atoms with van der Waals surface area (Å²) in [6.07, 6.45) is 1.10. The van der Waals surface area contributed by atoms with Crippen molar-refractivity contribution in [3.8, 4) is 5.75 Å². The van der Waals surface area contributed by atoms with Crippen molar-refractivity contribution in [3.63, 3.8) is 0 Å². The van der Waals surface area contributed by atoms with Gasteiger partial charge in [0.15, 0.2) is 0 Å². The SMILES string of the molecule is COc1ccc2[nH]c(=O)c(CN(C(=O)[C@H]3CCCO3)c3cc(C)ccc3C)cc2c1. The van der Waals surface area contributed by atoms with Gasteiger partial charge in [-0.3, -0.25) is 9.59 Å². The van der Waals surface area contributed by atoms with Gasteiger partial charge in [0.25, 0.3) is 11.5 Å². The van der Waals surface area contributed by atoms with Gasteiger partial charge in [0.2, 0.25) is 0 Å². The molecule has 0 unspecified atom stereocenters. The molecule has 1 saturated heterocycles. The van der Waals surface area contributed by atoms with Crippen LogP contribution in [0.5, 0.6) is 5.75 Å². The number of amides is 1. The van der Waals surface area contributed by atoms with E-state index >= 15 is 0 Å². The van der Waals surface area contributed by atoms with Crippen molar-refractivity contribution in [1.29, 1.82) is 0 Å². The maximum Gasteiger partial charge on any atom is 0.256 e. The second-order valence-corrected chi connectivity index (χ2v) is 7.79. The molecule has 3 aromatic rings. The number of aryl methyl sites for hydroxylation is 2. The highest BCUT2D eigenvalue weighted by Crippen LogP contribution is 2.27. The molecule has 156 valence electrons. The van der Waals surface area contributed by atoms with Gasteiger partial charge in [-0.2, -0.15) is 0 Å². The van der Waals surface area contributed by atoms with Crippen molar-refractivity contribution >= 4 is 22.5 Å². The molecule has 1 aliphatic heterocycles. The summed E-state index contributed by atoms with van der Waals surface area (Å²) in [5.41, 5.74) is 3.88. The number of aromatic amines is 1. The van der Waals surface area contributed by atoms with Gasteiger partial charge >= 0.3 is 0 Å². The van der Waals surface area contributed by atoms with Gasteiger partial charge in [-0.05, 0) is 68.1 Å². The van der Waals surface area contributed by atoms with E-state index in [-0.39, 0.29) is 18.0 Å². The molecule has 2 heterocycles. The number of carbonyl (C=O) groups is 1. The number of H-pyrrole nitrogens is 1. The van der Waals surface area contributed by atoms with E-state index in [0.717, 1.165) is 34.1 Å². The smallest absolute Gasteiger partial charge is 0.256 e. The number of aromatic nitrogens is 1. The van der Waals surface area contributed by atoms with E-state index < -0.39 is 6.10 Å². The Morgan fingerprint density at radius 3 is 2.77 bits per heavy atom. The van der Waals surface area contributed by atoms with Gasteiger partial charge in [-0.1, -0.05) is 12.1 Å². The van der Waals surface area contributed by atoms with Crippen LogP contribution in [0.1, 0.15) is 29.5 Å². The number of methoxy groups -OCH3 is 1. The van der Waals surface area contributed by atoms with Gasteiger partial charge < -0.3 is 19.4 Å². The van der Waals surface area contributed by atoms with Crippen molar-refractivity contribution in [2.45, 2.75) is 39.3 Å². The fraction of sp³-hybridized carbons (Fsp3) is 0.333. The minimum absolute atomic E-state index is 0.105. The van der Waals surface area contributed by atoms with Gasteiger partial charge in [0.1, 0.15) is 11.9 Å². The maximum atomic E-state index is 13.4. The number of fused-ring (bicyclic) bond motifs is 1. The number of rotatable bonds is 5. The van der Waals surface area contributed by atoms with Crippen LogP contribution in [0.3, 0.4) is 0 Å². The van der Waals surface area contributed by atoms with E-state index in [2.05, 4.69) is 4.98 Å². The number of ether oxygens (including phenoxy) is 2. The largest absolute Gasteiger partial charge is 0.497 e. The number of benzene rings is 2. The second kappa shape index (κ2) is 8.32. The zero-order valence-electron chi connectivity index (χ0n) is 17.5. The molecule has 0 bridgehead atoms. The Bertz CT molecular complexity index is 1150. The lowest BCUT2D eigenvalue weighted by Gasteiger charge is -2.27. The lowest BCUT2D eigenvalue weighted by molar-refractivity contribution is -0.127. The Morgan fingerprint density at radius 2 is 2.03 bits per heavy atom. The second-order valence-electron chi connectivity index (χ2n) is 7.79. The van der Waals surface area contributed by atoms with Gasteiger partial charge in [0.05, 0.1) is 13.7 Å². The molecular formula is C24H26N2O4. The maximum absolute atomic E-state index is 13.4. The lowest BCUT2D eigenvalue weighted by atomic mass is 10.1. The van der Waals surface area contributed by atoms with Crippen LogP contribution in [-0.2, 0) is 16.1 Å². The topological polar surface area (TPSA) is 71.6 Å². The first-order valence-corrected chi connectivity index (χ1v) is 10.2. The molecule has 0 radical (unpaired) electrons. The summed E-state index contributed by atoms with van der Waals surface area (Å²) >= 11 is 0. The first-order valence-electron chi connectivity index (χ1n) is 10.2. The Morgan fingerprint density at radius 1 is 1.20 bits per heavy atom. The van der Waals surface area contributed by atoms with E-state index in [9.17, 15) is 9.59 Å². The highest BCUT2D eigenvalue weighted by molar-refractivity contribution is 5.97. The van der Waals surface area contributed by atoms with Gasteiger partial charge in [-0.15, -0.1) is 0 Å². The summed E-state index contributed by atoms with van der Waals surface area (Å²) in [5, 5.41) is 0.856. The minimum atomic E-state index is -0.468. The summed E-state index contributed by atoms with van der Waals surface area (Å²) in [6.45, 7) is 4.73. The normalized spacial score (nSPS) is 16.0. The fourth-order valence-corrected chi connectivity index (χ4v) is 3.88. The summed E-state index contributed by atoms with van der Waals surface area (Å²) in [4.78, 5) is 30.8. The number of nitrogens with one attached hydrogen (secondary N) is 1. The standard InChI is InChI=1S/C24H26N2O4/c1-15-6-7-16(2)21(11-15)26(24(28)22-5-4-10-30-22)14-18-12-17-13-19(29-3)8-9-20(17)25-23(18)27/h6-9,11-13,22H,4-5,10,14H2,1-3H3,(H,25,27)/t22-/m1/s1. The van der Waals surface area contributed by atoms with Crippen molar-refractivity contribution in [3.05, 3.63) is 69.5 Å². The number of nitrogens with zero attached hydrogens (tertiary/aromatic N) is 1. The fourth-order valence-electron chi connectivity index (χ4n) is 3.88. The Labute approximate surface area is 175 Å². The van der Waals surface area contributed by atoms with Crippen LogP contribution in [0.4, 0.5) is 5.69 Å². The third-order valence-electron chi connectivity index (χ3n) is 5.58. The van der Waals surface area contributed by atoms with E-state index in [4.69, 9.17) is 9.47 Å². The lowest BCUT2D eigenvalue weighted by Crippen LogP contribution is -2.40. The molecule has 1 aliphatic rings. The predicted molar refractivity (Wildman–Crippen MR) is 117 cm³/mol. The van der Waals surface area contributed by atoms with Crippen LogP contribution in [0.15, 0.2) is 47.3 Å². The van der Waals surface area contributed by atoms with Crippen molar-refractivity contribution in [2.75, 3.05) is 18.6 Å². The zero-order valence-corrected chi connectivity index (χ0v) is 17.5. The van der Waals surface area contributed by atoms with Crippen LogP contribution >= 0.6 is 0 Å². The van der Waals surface area contributed by atoms with E-state index in [1.807, 2.05) is 50.2 Å². The van der Waals surface area contributed by atoms with Crippen molar-refractivity contribution in [1.82, 2.24) is 4.98 Å². The highest BCUT2D eigenvalue weighted by atomic mass is 16.5. The molecule has 6 heteroatoms. The van der Waals surface area contributed by atoms with Crippen molar-refractivity contribution in [2.24, 2.45) is 0 Å². The number of pyridine rings is 1. The average Bonchev–Trinajstić information content (AvgIpc) is 3.28. The summed E-state index contributed by atoms with van der Waals surface area (Å²) in [5.74, 6) is 0.605. The Kier molecular flexibility index (Phi) is 5.59. The molecule has 1 N–H and O–H groups in total. The number of hydrogen-bond donors (Lipinski definition) is 1. The van der Waals surface area contributed by atoms with E-state index in [1.54, 1.807) is 18.1 Å². The minimum Gasteiger partial charge on any atom is -0.497 e. The molecule has 1 fully saturated rings. The molecule has 1 aromatic heterocycles. The zero-order chi connectivity index (χ0) is 21.3. The predicted octanol–water partition coefficient (Wildman–Crippen LogP) is 3.87. The molecule has 0 saturated carbocycles. The van der Waals surface area contributed by atoms with Crippen LogP contribution in [-0.4, -0.2) is 30.7 Å². The summed E-state index contributed by atoms with van der Waals surface area (Å²) < 4.78 is 11.0. The third kappa shape index (κ3) is 3.96. The number of hydrogen-bond acceptors (Lipinski definition) is 4. The molecule has 6 nitrogen and oxygen atoms in total. The number of carbonyl (C=O) groups excluding carboxylic acids is 1. The van der Waals surface area contributed by atoms with Crippen LogP contribution in [0.2, 0.25) is 0 Å². The third-order valence-corrected chi connectivity index (χ3v) is 5.58. The molecule has 0 aliphatic carbocycles. The molecular weight excluding hydrogens is 380 g/mol. The quantitative estimate of drug-likeness (QED) is 0.698. The first kappa shape index (κ1) is 20.2. The summed E-state index contributed by atoms with van der Waals surface area (Å²) in [7, 11) is 1.61. The van der Waals surface area contributed by atoms with E-state index in [0.29, 0.717) is 24.3 Å². The Hall–Kier alpha value is -3.12. The highest BCUT2D eigenvalue weighted by Gasteiger charge is 2.30. The molecule has 0 spiro atoms. The van der Waals surface area contributed by atoms with Crippen LogP contribution in [0, 0.1) is 13.8 Å². The Balaban J connectivity index is 1.77. The molecule has 30 heavy (non-hydrogen) atoms. The van der Waals surface area contributed by atoms with Crippen LogP contribution in [0.25, 0.3) is 10.9 Å². The molecule has 2 aromatic carbocycles. The van der Waals surface area contributed by atoms with Gasteiger partial charge in [-0.25, -0.2) is 0 Å². The number of anilines is 1. The first-order chi connectivity index (χ1) is 14.5. The van der Waals surface area contributed by atoms with Crippen molar-refractivity contribution < 1.29 is 14.3 Å². The monoisotopic (exact) mass is 406 g/mol.